The predicted molar refractivity (Wildman–Crippen MR) is 87.4 cm³/mol. The summed E-state index contributed by atoms with van der Waals surface area (Å²) in [4.78, 5) is 0. The second-order valence-corrected chi connectivity index (χ2v) is 7.23. The van der Waals surface area contributed by atoms with E-state index in [9.17, 15) is 0 Å². The van der Waals surface area contributed by atoms with Gasteiger partial charge in [-0.2, -0.15) is 0 Å². The standard InChI is InChI=1S/C17H27BO3/c1-11(2)19-15-10-14(12(3)9-13(15)4)18-20-16(5,6)17(7,8)21-18/h9-11H,1-8H3. The molecular formula is C17H27BO3. The smallest absolute Gasteiger partial charge is 0.491 e. The van der Waals surface area contributed by atoms with E-state index in [1.807, 2.05) is 13.8 Å². The highest BCUT2D eigenvalue weighted by molar-refractivity contribution is 6.62. The molecule has 1 aromatic carbocycles. The van der Waals surface area contributed by atoms with E-state index in [-0.39, 0.29) is 24.4 Å². The highest BCUT2D eigenvalue weighted by Gasteiger charge is 2.52. The summed E-state index contributed by atoms with van der Waals surface area (Å²) < 4.78 is 18.2. The summed E-state index contributed by atoms with van der Waals surface area (Å²) in [6.07, 6.45) is 0.151. The van der Waals surface area contributed by atoms with Gasteiger partial charge in [-0.05, 0) is 72.5 Å². The average molecular weight is 290 g/mol. The van der Waals surface area contributed by atoms with E-state index in [0.717, 1.165) is 16.8 Å². The third-order valence-electron chi connectivity index (χ3n) is 4.43. The molecule has 0 spiro atoms. The molecule has 1 aliphatic rings. The van der Waals surface area contributed by atoms with Crippen LogP contribution in [0.2, 0.25) is 0 Å². The summed E-state index contributed by atoms with van der Waals surface area (Å²) in [6, 6.07) is 4.20. The molecule has 1 aromatic rings. The van der Waals surface area contributed by atoms with Crippen LogP contribution in [0, 0.1) is 13.8 Å². The van der Waals surface area contributed by atoms with Gasteiger partial charge in [0.15, 0.2) is 0 Å². The molecule has 0 atom stereocenters. The van der Waals surface area contributed by atoms with E-state index >= 15 is 0 Å². The van der Waals surface area contributed by atoms with Crippen LogP contribution in [0.15, 0.2) is 12.1 Å². The van der Waals surface area contributed by atoms with Gasteiger partial charge < -0.3 is 14.0 Å². The number of aryl methyl sites for hydroxylation is 2. The number of ether oxygens (including phenoxy) is 1. The summed E-state index contributed by atoms with van der Waals surface area (Å²) in [6.45, 7) is 16.5. The van der Waals surface area contributed by atoms with Crippen LogP contribution in [-0.2, 0) is 9.31 Å². The third-order valence-corrected chi connectivity index (χ3v) is 4.43. The van der Waals surface area contributed by atoms with Crippen molar-refractivity contribution in [3.05, 3.63) is 23.3 Å². The Hall–Kier alpha value is -0.995. The fourth-order valence-corrected chi connectivity index (χ4v) is 2.45. The van der Waals surface area contributed by atoms with Crippen LogP contribution in [-0.4, -0.2) is 24.4 Å². The van der Waals surface area contributed by atoms with E-state index in [0.29, 0.717) is 0 Å². The Labute approximate surface area is 129 Å². The van der Waals surface area contributed by atoms with Gasteiger partial charge in [0.1, 0.15) is 5.75 Å². The molecular weight excluding hydrogens is 263 g/mol. The van der Waals surface area contributed by atoms with Crippen LogP contribution >= 0.6 is 0 Å². The van der Waals surface area contributed by atoms with Gasteiger partial charge in [-0.1, -0.05) is 11.6 Å². The first-order valence-electron chi connectivity index (χ1n) is 7.67. The van der Waals surface area contributed by atoms with Crippen molar-refractivity contribution in [3.8, 4) is 5.75 Å². The molecule has 4 heteroatoms. The SMILES string of the molecule is Cc1cc(C)c(B2OC(C)(C)C(C)(C)O2)cc1OC(C)C. The fraction of sp³-hybridized carbons (Fsp3) is 0.647. The quantitative estimate of drug-likeness (QED) is 0.799. The maximum absolute atomic E-state index is 6.15. The minimum absolute atomic E-state index is 0.151. The Kier molecular flexibility index (Phi) is 4.16. The van der Waals surface area contributed by atoms with Gasteiger partial charge in [-0.15, -0.1) is 0 Å². The minimum Gasteiger partial charge on any atom is -0.491 e. The molecule has 0 N–H and O–H groups in total. The lowest BCUT2D eigenvalue weighted by Crippen LogP contribution is -2.41. The zero-order valence-electron chi connectivity index (χ0n) is 14.5. The van der Waals surface area contributed by atoms with Crippen LogP contribution in [0.25, 0.3) is 0 Å². The van der Waals surface area contributed by atoms with E-state index in [1.54, 1.807) is 0 Å². The zero-order chi connectivity index (χ0) is 16.0. The monoisotopic (exact) mass is 290 g/mol. The highest BCUT2D eigenvalue weighted by Crippen LogP contribution is 2.37. The van der Waals surface area contributed by atoms with Crippen LogP contribution < -0.4 is 10.2 Å². The van der Waals surface area contributed by atoms with Crippen molar-refractivity contribution in [2.24, 2.45) is 0 Å². The Balaban J connectivity index is 2.37. The van der Waals surface area contributed by atoms with Crippen LogP contribution in [0.1, 0.15) is 52.7 Å². The van der Waals surface area contributed by atoms with Crippen LogP contribution in [0.4, 0.5) is 0 Å². The maximum atomic E-state index is 6.15. The lowest BCUT2D eigenvalue weighted by molar-refractivity contribution is 0.00578. The lowest BCUT2D eigenvalue weighted by atomic mass is 9.75. The molecule has 116 valence electrons. The first kappa shape index (κ1) is 16.4. The molecule has 0 aromatic heterocycles. The van der Waals surface area contributed by atoms with Gasteiger partial charge >= 0.3 is 7.12 Å². The topological polar surface area (TPSA) is 27.7 Å². The van der Waals surface area contributed by atoms with E-state index in [2.05, 4.69) is 53.7 Å². The normalized spacial score (nSPS) is 20.1. The summed E-state index contributed by atoms with van der Waals surface area (Å²) in [5, 5.41) is 0. The predicted octanol–water partition coefficient (Wildman–Crippen LogP) is 3.39. The first-order valence-corrected chi connectivity index (χ1v) is 7.67. The van der Waals surface area contributed by atoms with Crippen molar-refractivity contribution in [1.82, 2.24) is 0 Å². The number of benzene rings is 1. The number of rotatable bonds is 3. The van der Waals surface area contributed by atoms with Crippen molar-refractivity contribution in [2.75, 3.05) is 0 Å². The Morgan fingerprint density at radius 1 is 0.952 bits per heavy atom. The van der Waals surface area contributed by atoms with Crippen molar-refractivity contribution in [2.45, 2.75) is 72.7 Å². The van der Waals surface area contributed by atoms with E-state index < -0.39 is 0 Å². The first-order chi connectivity index (χ1) is 9.53. The van der Waals surface area contributed by atoms with Gasteiger partial charge in [0.2, 0.25) is 0 Å². The van der Waals surface area contributed by atoms with Gasteiger partial charge in [0.25, 0.3) is 0 Å². The fourth-order valence-electron chi connectivity index (χ4n) is 2.45. The van der Waals surface area contributed by atoms with E-state index in [4.69, 9.17) is 14.0 Å². The Morgan fingerprint density at radius 3 is 1.95 bits per heavy atom. The molecule has 1 fully saturated rings. The summed E-state index contributed by atoms with van der Waals surface area (Å²) >= 11 is 0. The van der Waals surface area contributed by atoms with Crippen molar-refractivity contribution < 1.29 is 14.0 Å². The van der Waals surface area contributed by atoms with Gasteiger partial charge in [0, 0.05) is 0 Å². The number of hydrogen-bond acceptors (Lipinski definition) is 3. The summed E-state index contributed by atoms with van der Waals surface area (Å²) in [5.74, 6) is 0.903. The number of hydrogen-bond donors (Lipinski definition) is 0. The minimum atomic E-state index is -0.342. The molecule has 2 rings (SSSR count). The molecule has 1 aliphatic heterocycles. The van der Waals surface area contributed by atoms with Crippen molar-refractivity contribution >= 4 is 12.6 Å². The molecule has 3 nitrogen and oxygen atoms in total. The molecule has 0 radical (unpaired) electrons. The Bertz CT molecular complexity index is 519. The molecule has 1 saturated heterocycles. The third kappa shape index (κ3) is 3.11. The summed E-state index contributed by atoms with van der Waals surface area (Å²) in [7, 11) is -0.342. The van der Waals surface area contributed by atoms with Gasteiger partial charge in [0.05, 0.1) is 17.3 Å². The second-order valence-electron chi connectivity index (χ2n) is 7.23. The van der Waals surface area contributed by atoms with Gasteiger partial charge in [-0.25, -0.2) is 0 Å². The summed E-state index contributed by atoms with van der Waals surface area (Å²) in [5.41, 5.74) is 2.71. The highest BCUT2D eigenvalue weighted by atomic mass is 16.7. The van der Waals surface area contributed by atoms with Crippen LogP contribution in [0.3, 0.4) is 0 Å². The second kappa shape index (κ2) is 5.33. The zero-order valence-corrected chi connectivity index (χ0v) is 14.5. The van der Waals surface area contributed by atoms with Crippen molar-refractivity contribution in [1.29, 1.82) is 0 Å². The molecule has 0 bridgehead atoms. The largest absolute Gasteiger partial charge is 0.495 e. The van der Waals surface area contributed by atoms with Gasteiger partial charge in [-0.3, -0.25) is 0 Å². The maximum Gasteiger partial charge on any atom is 0.495 e. The molecule has 1 heterocycles. The van der Waals surface area contributed by atoms with Crippen LogP contribution in [0.5, 0.6) is 5.75 Å². The molecule has 0 saturated carbocycles. The molecule has 0 unspecified atom stereocenters. The molecule has 0 amide bonds. The van der Waals surface area contributed by atoms with Crippen molar-refractivity contribution in [3.63, 3.8) is 0 Å². The Morgan fingerprint density at radius 2 is 1.48 bits per heavy atom. The molecule has 21 heavy (non-hydrogen) atoms. The average Bonchev–Trinajstić information content (AvgIpc) is 2.51. The lowest BCUT2D eigenvalue weighted by Gasteiger charge is -2.32. The molecule has 0 aliphatic carbocycles. The van der Waals surface area contributed by atoms with E-state index in [1.165, 1.54) is 5.56 Å².